The van der Waals surface area contributed by atoms with Crippen LogP contribution in [0.2, 0.25) is 0 Å². The molecule has 1 aromatic carbocycles. The van der Waals surface area contributed by atoms with Crippen molar-refractivity contribution in [3.8, 4) is 0 Å². The SMILES string of the molecule is CCOC[C@@H]1CCCN([C@@H](C)c2ccc(S(C)(=O)=O)cc2)C1. The predicted molar refractivity (Wildman–Crippen MR) is 88.8 cm³/mol. The summed E-state index contributed by atoms with van der Waals surface area (Å²) in [7, 11) is -3.12. The molecule has 1 saturated heterocycles. The van der Waals surface area contributed by atoms with Gasteiger partial charge in [-0.1, -0.05) is 12.1 Å². The smallest absolute Gasteiger partial charge is 0.175 e. The zero-order chi connectivity index (χ0) is 16.2. The summed E-state index contributed by atoms with van der Waals surface area (Å²) in [6.45, 7) is 7.99. The highest BCUT2D eigenvalue weighted by Crippen LogP contribution is 2.27. The second-order valence-electron chi connectivity index (χ2n) is 6.18. The van der Waals surface area contributed by atoms with Crippen molar-refractivity contribution in [2.75, 3.05) is 32.6 Å². The summed E-state index contributed by atoms with van der Waals surface area (Å²) in [5.41, 5.74) is 1.17. The van der Waals surface area contributed by atoms with Crippen LogP contribution in [-0.4, -0.2) is 45.9 Å². The van der Waals surface area contributed by atoms with Crippen LogP contribution in [0.5, 0.6) is 0 Å². The van der Waals surface area contributed by atoms with Crippen molar-refractivity contribution in [2.45, 2.75) is 37.6 Å². The highest BCUT2D eigenvalue weighted by atomic mass is 32.2. The topological polar surface area (TPSA) is 46.6 Å². The molecule has 0 spiro atoms. The number of hydrogen-bond acceptors (Lipinski definition) is 4. The molecule has 0 bridgehead atoms. The first-order chi connectivity index (χ1) is 10.4. The first-order valence-corrected chi connectivity index (χ1v) is 9.92. The summed E-state index contributed by atoms with van der Waals surface area (Å²) in [6, 6.07) is 7.60. The van der Waals surface area contributed by atoms with E-state index in [1.54, 1.807) is 12.1 Å². The van der Waals surface area contributed by atoms with E-state index < -0.39 is 9.84 Å². The van der Waals surface area contributed by atoms with Gasteiger partial charge in [-0.15, -0.1) is 0 Å². The van der Waals surface area contributed by atoms with Gasteiger partial charge in [-0.3, -0.25) is 4.90 Å². The highest BCUT2D eigenvalue weighted by molar-refractivity contribution is 7.90. The first-order valence-electron chi connectivity index (χ1n) is 8.03. The molecular weight excluding hydrogens is 298 g/mol. The van der Waals surface area contributed by atoms with E-state index in [-0.39, 0.29) is 0 Å². The van der Waals surface area contributed by atoms with Gasteiger partial charge < -0.3 is 4.74 Å². The van der Waals surface area contributed by atoms with Crippen molar-refractivity contribution in [3.05, 3.63) is 29.8 Å². The Balaban J connectivity index is 2.02. The van der Waals surface area contributed by atoms with E-state index in [1.165, 1.54) is 24.7 Å². The molecule has 0 aromatic heterocycles. The summed E-state index contributed by atoms with van der Waals surface area (Å²) in [6.07, 6.45) is 3.67. The van der Waals surface area contributed by atoms with Crippen molar-refractivity contribution >= 4 is 9.84 Å². The number of hydrogen-bond donors (Lipinski definition) is 0. The molecule has 0 unspecified atom stereocenters. The third-order valence-corrected chi connectivity index (χ3v) is 5.57. The third-order valence-electron chi connectivity index (χ3n) is 4.45. The fourth-order valence-corrected chi connectivity index (χ4v) is 3.70. The molecule has 0 amide bonds. The zero-order valence-corrected chi connectivity index (χ0v) is 14.6. The largest absolute Gasteiger partial charge is 0.381 e. The molecule has 1 aliphatic heterocycles. The maximum Gasteiger partial charge on any atom is 0.175 e. The fraction of sp³-hybridized carbons (Fsp3) is 0.647. The van der Waals surface area contributed by atoms with Crippen LogP contribution in [0.3, 0.4) is 0 Å². The van der Waals surface area contributed by atoms with Crippen LogP contribution in [0, 0.1) is 5.92 Å². The number of rotatable bonds is 6. The Morgan fingerprint density at radius 1 is 1.32 bits per heavy atom. The molecule has 0 radical (unpaired) electrons. The Morgan fingerprint density at radius 2 is 2.00 bits per heavy atom. The van der Waals surface area contributed by atoms with Gasteiger partial charge in [0, 0.05) is 25.4 Å². The Bertz CT molecular complexity index is 568. The maximum absolute atomic E-state index is 11.5. The standard InChI is InChI=1S/C17H27NO3S/c1-4-21-13-15-6-5-11-18(12-15)14(2)16-7-9-17(10-8-16)22(3,19)20/h7-10,14-15H,4-6,11-13H2,1-3H3/t14-,15+/m0/s1. The van der Waals surface area contributed by atoms with E-state index in [0.717, 1.165) is 26.3 Å². The number of ether oxygens (including phenoxy) is 1. The van der Waals surface area contributed by atoms with Gasteiger partial charge in [-0.25, -0.2) is 8.42 Å². The lowest BCUT2D eigenvalue weighted by molar-refractivity contribution is 0.0537. The molecule has 22 heavy (non-hydrogen) atoms. The summed E-state index contributed by atoms with van der Waals surface area (Å²) in [4.78, 5) is 2.86. The predicted octanol–water partition coefficient (Wildman–Crippen LogP) is 2.90. The average Bonchev–Trinajstić information content (AvgIpc) is 2.52. The van der Waals surface area contributed by atoms with Crippen LogP contribution in [0.15, 0.2) is 29.2 Å². The molecule has 4 nitrogen and oxygen atoms in total. The Kier molecular flexibility index (Phi) is 6.01. The van der Waals surface area contributed by atoms with E-state index in [2.05, 4.69) is 11.8 Å². The van der Waals surface area contributed by atoms with Crippen molar-refractivity contribution in [1.29, 1.82) is 0 Å². The molecule has 1 fully saturated rings. The molecule has 0 saturated carbocycles. The summed E-state index contributed by atoms with van der Waals surface area (Å²) < 4.78 is 28.6. The van der Waals surface area contributed by atoms with Crippen LogP contribution < -0.4 is 0 Å². The second-order valence-corrected chi connectivity index (χ2v) is 8.20. The minimum Gasteiger partial charge on any atom is -0.381 e. The van der Waals surface area contributed by atoms with E-state index in [9.17, 15) is 8.42 Å². The molecule has 124 valence electrons. The van der Waals surface area contributed by atoms with Crippen molar-refractivity contribution < 1.29 is 13.2 Å². The average molecular weight is 325 g/mol. The Hall–Kier alpha value is -0.910. The van der Waals surface area contributed by atoms with Gasteiger partial charge in [-0.2, -0.15) is 0 Å². The number of piperidine rings is 1. The molecule has 5 heteroatoms. The van der Waals surface area contributed by atoms with Gasteiger partial charge in [0.25, 0.3) is 0 Å². The van der Waals surface area contributed by atoms with Crippen molar-refractivity contribution in [1.82, 2.24) is 4.90 Å². The monoisotopic (exact) mass is 325 g/mol. The zero-order valence-electron chi connectivity index (χ0n) is 13.8. The first kappa shape index (κ1) is 17.4. The normalized spacial score (nSPS) is 21.7. The fourth-order valence-electron chi connectivity index (χ4n) is 3.07. The molecule has 1 heterocycles. The van der Waals surface area contributed by atoms with Crippen molar-refractivity contribution in [3.63, 3.8) is 0 Å². The second kappa shape index (κ2) is 7.57. The molecule has 2 atom stereocenters. The molecule has 2 rings (SSSR count). The lowest BCUT2D eigenvalue weighted by Crippen LogP contribution is -2.38. The minimum atomic E-state index is -3.12. The minimum absolute atomic E-state index is 0.304. The Morgan fingerprint density at radius 3 is 2.59 bits per heavy atom. The van der Waals surface area contributed by atoms with E-state index in [0.29, 0.717) is 16.9 Å². The molecule has 0 aliphatic carbocycles. The van der Waals surface area contributed by atoms with Gasteiger partial charge in [0.1, 0.15) is 0 Å². The maximum atomic E-state index is 11.5. The number of likely N-dealkylation sites (tertiary alicyclic amines) is 1. The van der Waals surface area contributed by atoms with Crippen LogP contribution >= 0.6 is 0 Å². The number of nitrogens with zero attached hydrogens (tertiary/aromatic N) is 1. The van der Waals surface area contributed by atoms with Crippen LogP contribution in [-0.2, 0) is 14.6 Å². The summed E-state index contributed by atoms with van der Waals surface area (Å²) in [5, 5.41) is 0. The summed E-state index contributed by atoms with van der Waals surface area (Å²) in [5.74, 6) is 0.603. The van der Waals surface area contributed by atoms with Gasteiger partial charge in [-0.05, 0) is 56.8 Å². The molecule has 1 aliphatic rings. The third kappa shape index (κ3) is 4.54. The molecular formula is C17H27NO3S. The van der Waals surface area contributed by atoms with Crippen LogP contribution in [0.1, 0.15) is 38.3 Å². The van der Waals surface area contributed by atoms with Crippen molar-refractivity contribution in [2.24, 2.45) is 5.92 Å². The van der Waals surface area contributed by atoms with Gasteiger partial charge in [0.15, 0.2) is 9.84 Å². The van der Waals surface area contributed by atoms with Gasteiger partial charge >= 0.3 is 0 Å². The summed E-state index contributed by atoms with van der Waals surface area (Å²) >= 11 is 0. The lowest BCUT2D eigenvalue weighted by atomic mass is 9.96. The lowest BCUT2D eigenvalue weighted by Gasteiger charge is -2.37. The van der Waals surface area contributed by atoms with E-state index in [4.69, 9.17) is 4.74 Å². The number of sulfone groups is 1. The highest BCUT2D eigenvalue weighted by Gasteiger charge is 2.24. The Labute approximate surface area is 134 Å². The molecule has 1 aromatic rings. The quantitative estimate of drug-likeness (QED) is 0.807. The molecule has 0 N–H and O–H groups in total. The van der Waals surface area contributed by atoms with E-state index in [1.807, 2.05) is 19.1 Å². The van der Waals surface area contributed by atoms with Crippen LogP contribution in [0.25, 0.3) is 0 Å². The van der Waals surface area contributed by atoms with Crippen LogP contribution in [0.4, 0.5) is 0 Å². The van der Waals surface area contributed by atoms with Gasteiger partial charge in [0.2, 0.25) is 0 Å². The van der Waals surface area contributed by atoms with Gasteiger partial charge in [0.05, 0.1) is 11.5 Å². The number of benzene rings is 1. The van der Waals surface area contributed by atoms with E-state index >= 15 is 0 Å².